The number of hydrogen-bond donors (Lipinski definition) is 3. The Morgan fingerprint density at radius 3 is 1.54 bits per heavy atom. The second kappa shape index (κ2) is 37.3. The molecule has 0 rings (SSSR count). The van der Waals surface area contributed by atoms with Crippen LogP contribution in [-0.2, 0) is 32.7 Å². The lowest BCUT2D eigenvalue weighted by Gasteiger charge is -2.20. The van der Waals surface area contributed by atoms with Gasteiger partial charge in [0.2, 0.25) is 0 Å². The minimum Gasteiger partial charge on any atom is -0.462 e. The molecule has 10 nitrogen and oxygen atoms in total. The monoisotopic (exact) mass is 756 g/mol. The van der Waals surface area contributed by atoms with Crippen molar-refractivity contribution >= 4 is 19.8 Å². The minimum absolute atomic E-state index is 0.146. The Morgan fingerprint density at radius 1 is 0.577 bits per heavy atom. The first-order chi connectivity index (χ1) is 25.2. The number of unbranched alkanes of at least 4 members (excludes halogenated alkanes) is 15. The van der Waals surface area contributed by atoms with E-state index >= 15 is 0 Å². The molecule has 52 heavy (non-hydrogen) atoms. The fourth-order valence-electron chi connectivity index (χ4n) is 5.09. The van der Waals surface area contributed by atoms with Crippen LogP contribution in [0.15, 0.2) is 48.6 Å². The van der Waals surface area contributed by atoms with Crippen molar-refractivity contribution in [2.45, 2.75) is 174 Å². The van der Waals surface area contributed by atoms with Gasteiger partial charge in [0.1, 0.15) is 12.7 Å². The van der Waals surface area contributed by atoms with Crippen molar-refractivity contribution in [1.29, 1.82) is 0 Å². The molecule has 0 bridgehead atoms. The summed E-state index contributed by atoms with van der Waals surface area (Å²) in [5.41, 5.74) is 0. The van der Waals surface area contributed by atoms with E-state index in [9.17, 15) is 24.2 Å². The van der Waals surface area contributed by atoms with E-state index < -0.39 is 51.8 Å². The van der Waals surface area contributed by atoms with Crippen molar-refractivity contribution < 1.29 is 47.8 Å². The second-order valence-electron chi connectivity index (χ2n) is 13.3. The van der Waals surface area contributed by atoms with E-state index in [1.54, 1.807) is 0 Å². The molecular formula is C41H73O10P. The summed E-state index contributed by atoms with van der Waals surface area (Å²) in [4.78, 5) is 34.8. The van der Waals surface area contributed by atoms with Gasteiger partial charge in [0.05, 0.1) is 19.8 Å². The zero-order valence-corrected chi connectivity index (χ0v) is 33.4. The van der Waals surface area contributed by atoms with Gasteiger partial charge in [0.25, 0.3) is 0 Å². The number of esters is 2. The van der Waals surface area contributed by atoms with E-state index in [1.807, 2.05) is 0 Å². The van der Waals surface area contributed by atoms with Gasteiger partial charge in [-0.15, -0.1) is 0 Å². The number of carbonyl (C=O) groups excluding carboxylic acids is 2. The number of allylic oxidation sites excluding steroid dienone is 8. The van der Waals surface area contributed by atoms with Gasteiger partial charge in [-0.2, -0.15) is 0 Å². The Labute approximate surface area is 315 Å². The third-order valence-electron chi connectivity index (χ3n) is 8.24. The Morgan fingerprint density at radius 2 is 1.00 bits per heavy atom. The predicted molar refractivity (Wildman–Crippen MR) is 210 cm³/mol. The highest BCUT2D eigenvalue weighted by molar-refractivity contribution is 7.47. The lowest BCUT2D eigenvalue weighted by Crippen LogP contribution is -2.29. The molecule has 3 N–H and O–H groups in total. The first kappa shape index (κ1) is 49.9. The molecule has 0 fully saturated rings. The minimum atomic E-state index is -4.62. The third kappa shape index (κ3) is 36.3. The molecule has 11 heteroatoms. The quantitative estimate of drug-likeness (QED) is 0.0242. The molecule has 0 aromatic carbocycles. The standard InChI is InChI=1S/C41H73O10P/c1-3-5-7-9-11-13-15-16-17-18-19-20-21-22-23-25-27-29-31-33-41(45)51-39(37-50-52(46,47)49-35-38(43)34-42)36-48-40(44)32-30-28-26-24-14-12-10-8-6-4-2/h11,13,16-17,19-20,22-23,38-39,42-43H,3-10,12,14-15,18,21,24-37H2,1-2H3,(H,46,47)/b13-11-,17-16-,20-19-,23-22-/t38-,39+/m0/s1. The lowest BCUT2D eigenvalue weighted by atomic mass is 10.1. The van der Waals surface area contributed by atoms with Crippen molar-refractivity contribution in [1.82, 2.24) is 0 Å². The van der Waals surface area contributed by atoms with Gasteiger partial charge >= 0.3 is 19.8 Å². The number of rotatable bonds is 37. The van der Waals surface area contributed by atoms with Crippen LogP contribution in [0.2, 0.25) is 0 Å². The SMILES string of the molecule is CCCCC/C=C\C/C=C\C/C=C\C/C=C\CCCCCC(=O)O[C@H](COC(=O)CCCCCCCCCCCC)COP(=O)(O)OC[C@@H](O)CO. The predicted octanol–water partition coefficient (Wildman–Crippen LogP) is 10.2. The summed E-state index contributed by atoms with van der Waals surface area (Å²) in [6, 6.07) is 0. The van der Waals surface area contributed by atoms with Crippen molar-refractivity contribution in [3.8, 4) is 0 Å². The highest BCUT2D eigenvalue weighted by Gasteiger charge is 2.27. The maximum atomic E-state index is 12.6. The van der Waals surface area contributed by atoms with Gasteiger partial charge in [-0.3, -0.25) is 18.6 Å². The highest BCUT2D eigenvalue weighted by atomic mass is 31.2. The van der Waals surface area contributed by atoms with E-state index in [0.717, 1.165) is 57.8 Å². The van der Waals surface area contributed by atoms with Crippen molar-refractivity contribution in [3.63, 3.8) is 0 Å². The molecule has 0 aliphatic heterocycles. The second-order valence-corrected chi connectivity index (χ2v) is 14.8. The molecule has 0 radical (unpaired) electrons. The van der Waals surface area contributed by atoms with Crippen molar-refractivity contribution in [2.75, 3.05) is 26.4 Å². The van der Waals surface area contributed by atoms with Crippen LogP contribution in [0.3, 0.4) is 0 Å². The maximum absolute atomic E-state index is 12.6. The topological polar surface area (TPSA) is 149 Å². The first-order valence-corrected chi connectivity index (χ1v) is 21.6. The lowest BCUT2D eigenvalue weighted by molar-refractivity contribution is -0.161. The molecule has 302 valence electrons. The van der Waals surface area contributed by atoms with Crippen LogP contribution in [0, 0.1) is 0 Å². The Bertz CT molecular complexity index is 1010. The van der Waals surface area contributed by atoms with Crippen LogP contribution in [-0.4, -0.2) is 65.7 Å². The molecule has 0 saturated carbocycles. The zero-order chi connectivity index (χ0) is 38.4. The Kier molecular flexibility index (Phi) is 35.8. The fourth-order valence-corrected chi connectivity index (χ4v) is 5.88. The van der Waals surface area contributed by atoms with Crippen LogP contribution in [0.5, 0.6) is 0 Å². The van der Waals surface area contributed by atoms with E-state index in [4.69, 9.17) is 19.1 Å². The largest absolute Gasteiger partial charge is 0.472 e. The number of phosphoric acid groups is 1. The number of ether oxygens (including phenoxy) is 2. The normalized spacial score (nSPS) is 14.5. The molecule has 0 aromatic heterocycles. The molecular weight excluding hydrogens is 683 g/mol. The molecule has 3 atom stereocenters. The van der Waals surface area contributed by atoms with Crippen LogP contribution >= 0.6 is 7.82 Å². The highest BCUT2D eigenvalue weighted by Crippen LogP contribution is 2.43. The van der Waals surface area contributed by atoms with E-state index in [2.05, 4.69) is 67.0 Å². The summed E-state index contributed by atoms with van der Waals surface area (Å²) in [6.45, 7) is 2.28. The van der Waals surface area contributed by atoms with Gasteiger partial charge in [0, 0.05) is 12.8 Å². The van der Waals surface area contributed by atoms with Gasteiger partial charge in [0.15, 0.2) is 6.10 Å². The molecule has 0 aliphatic carbocycles. The third-order valence-corrected chi connectivity index (χ3v) is 9.19. The molecule has 0 aliphatic rings. The average molecular weight is 757 g/mol. The maximum Gasteiger partial charge on any atom is 0.472 e. The fraction of sp³-hybridized carbons (Fsp3) is 0.756. The molecule has 0 amide bonds. The van der Waals surface area contributed by atoms with Crippen LogP contribution in [0.25, 0.3) is 0 Å². The number of hydrogen-bond acceptors (Lipinski definition) is 9. The summed E-state index contributed by atoms with van der Waals surface area (Å²) in [5, 5.41) is 18.3. The number of carbonyl (C=O) groups is 2. The molecule has 1 unspecified atom stereocenters. The van der Waals surface area contributed by atoms with Gasteiger partial charge in [-0.1, -0.05) is 140 Å². The number of aliphatic hydroxyl groups excluding tert-OH is 2. The molecule has 0 heterocycles. The Balaban J connectivity index is 4.39. The first-order valence-electron chi connectivity index (χ1n) is 20.1. The summed E-state index contributed by atoms with van der Waals surface area (Å²) >= 11 is 0. The summed E-state index contributed by atoms with van der Waals surface area (Å²) in [5.74, 6) is -0.964. The van der Waals surface area contributed by atoms with E-state index in [0.29, 0.717) is 12.8 Å². The summed E-state index contributed by atoms with van der Waals surface area (Å²) in [6.07, 6.45) is 38.0. The van der Waals surface area contributed by atoms with Crippen LogP contribution in [0.4, 0.5) is 0 Å². The van der Waals surface area contributed by atoms with Gasteiger partial charge in [-0.05, 0) is 57.8 Å². The molecule has 0 saturated heterocycles. The summed E-state index contributed by atoms with van der Waals surface area (Å²) in [7, 11) is -4.62. The smallest absolute Gasteiger partial charge is 0.462 e. The van der Waals surface area contributed by atoms with Crippen LogP contribution in [0.1, 0.15) is 162 Å². The molecule has 0 aromatic rings. The van der Waals surface area contributed by atoms with Gasteiger partial charge < -0.3 is 24.6 Å². The average Bonchev–Trinajstić information content (AvgIpc) is 3.13. The summed E-state index contributed by atoms with van der Waals surface area (Å²) < 4.78 is 32.6. The number of phosphoric ester groups is 1. The molecule has 0 spiro atoms. The zero-order valence-electron chi connectivity index (χ0n) is 32.5. The number of aliphatic hydroxyl groups is 2. The van der Waals surface area contributed by atoms with E-state index in [1.165, 1.54) is 64.2 Å². The van der Waals surface area contributed by atoms with E-state index in [-0.39, 0.29) is 19.4 Å². The Hall–Kier alpha value is -2.07. The van der Waals surface area contributed by atoms with Gasteiger partial charge in [-0.25, -0.2) is 4.57 Å². The van der Waals surface area contributed by atoms with Crippen molar-refractivity contribution in [2.24, 2.45) is 0 Å². The van der Waals surface area contributed by atoms with Crippen LogP contribution < -0.4 is 0 Å². The van der Waals surface area contributed by atoms with Crippen molar-refractivity contribution in [3.05, 3.63) is 48.6 Å².